The van der Waals surface area contributed by atoms with Gasteiger partial charge in [-0.2, -0.15) is 0 Å². The fourth-order valence-electron chi connectivity index (χ4n) is 2.57. The summed E-state index contributed by atoms with van der Waals surface area (Å²) < 4.78 is 27.6. The second-order valence-electron chi connectivity index (χ2n) is 6.11. The summed E-state index contributed by atoms with van der Waals surface area (Å²) in [6, 6.07) is 0. The van der Waals surface area contributed by atoms with E-state index < -0.39 is 35.7 Å². The predicted molar refractivity (Wildman–Crippen MR) is 87.4 cm³/mol. The maximum Gasteiger partial charge on any atom is 0.338 e. The van der Waals surface area contributed by atoms with Gasteiger partial charge in [-0.3, -0.25) is 4.79 Å². The molecule has 8 nitrogen and oxygen atoms in total. The van der Waals surface area contributed by atoms with Crippen LogP contribution in [0.4, 0.5) is 0 Å². The number of nitrogens with one attached hydrogen (secondary N) is 1. The van der Waals surface area contributed by atoms with E-state index in [-0.39, 0.29) is 13.2 Å². The molecule has 0 spiro atoms. The van der Waals surface area contributed by atoms with Crippen molar-refractivity contribution < 1.29 is 33.3 Å². The smallest absolute Gasteiger partial charge is 0.338 e. The van der Waals surface area contributed by atoms with E-state index in [2.05, 4.69) is 11.9 Å². The highest BCUT2D eigenvalue weighted by Gasteiger charge is 2.60. The molecular weight excluding hydrogens is 330 g/mol. The number of carbonyl (C=O) groups excluding carboxylic acids is 2. The number of ether oxygens (including phenoxy) is 5. The van der Waals surface area contributed by atoms with Gasteiger partial charge < -0.3 is 29.0 Å². The number of esters is 1. The van der Waals surface area contributed by atoms with Crippen molar-refractivity contribution in [2.45, 2.75) is 44.1 Å². The van der Waals surface area contributed by atoms with Crippen molar-refractivity contribution in [3.8, 4) is 0 Å². The van der Waals surface area contributed by atoms with E-state index in [1.54, 1.807) is 19.9 Å². The highest BCUT2D eigenvalue weighted by atomic mass is 16.8. The number of rotatable bonds is 2. The van der Waals surface area contributed by atoms with E-state index in [0.29, 0.717) is 12.0 Å². The molecule has 1 N–H and O–H groups in total. The fraction of sp³-hybridized carbons (Fsp3) is 0.647. The number of carbonyl (C=O) groups is 2. The van der Waals surface area contributed by atoms with Crippen molar-refractivity contribution in [1.29, 1.82) is 0 Å². The van der Waals surface area contributed by atoms with Crippen LogP contribution < -0.4 is 5.32 Å². The third-order valence-electron chi connectivity index (χ3n) is 4.45. The topological polar surface area (TPSA) is 92.3 Å². The van der Waals surface area contributed by atoms with Gasteiger partial charge in [0, 0.05) is 20.8 Å². The first-order chi connectivity index (χ1) is 11.8. The van der Waals surface area contributed by atoms with E-state index in [9.17, 15) is 9.59 Å². The fourth-order valence-corrected chi connectivity index (χ4v) is 2.57. The standard InChI is InChI=1S/C17H25NO7/c1-11-8-6-7-9-23-15(20)13-12(14(19)18-10-11)24-16(2,21-4)17(3,22-5)25-13/h6,8,12-13H,1,7,9-10H2,2-5H3,(H,18,19)/b8-6+/t12-,13-,16-,17-/m1/s1. The Morgan fingerprint density at radius 2 is 1.76 bits per heavy atom. The van der Waals surface area contributed by atoms with E-state index in [0.717, 1.165) is 0 Å². The first-order valence-electron chi connectivity index (χ1n) is 8.01. The second kappa shape index (κ2) is 7.65. The molecule has 2 aliphatic rings. The molecule has 2 rings (SSSR count). The van der Waals surface area contributed by atoms with Gasteiger partial charge in [-0.05, 0) is 25.8 Å². The largest absolute Gasteiger partial charge is 0.463 e. The van der Waals surface area contributed by atoms with Crippen LogP contribution in [-0.4, -0.2) is 63.0 Å². The second-order valence-corrected chi connectivity index (χ2v) is 6.11. The zero-order valence-corrected chi connectivity index (χ0v) is 15.0. The van der Waals surface area contributed by atoms with Gasteiger partial charge in [0.15, 0.2) is 12.2 Å². The average molecular weight is 355 g/mol. The monoisotopic (exact) mass is 355 g/mol. The normalized spacial score (nSPS) is 38.6. The molecule has 0 saturated carbocycles. The van der Waals surface area contributed by atoms with Crippen molar-refractivity contribution in [2.24, 2.45) is 0 Å². The third-order valence-corrected chi connectivity index (χ3v) is 4.45. The van der Waals surface area contributed by atoms with Gasteiger partial charge in [-0.15, -0.1) is 0 Å². The first-order valence-corrected chi connectivity index (χ1v) is 8.01. The highest BCUT2D eigenvalue weighted by molar-refractivity contribution is 5.89. The molecule has 8 heteroatoms. The molecule has 1 saturated heterocycles. The Morgan fingerprint density at radius 3 is 2.36 bits per heavy atom. The molecule has 0 aromatic rings. The van der Waals surface area contributed by atoms with Gasteiger partial charge in [-0.1, -0.05) is 18.7 Å². The lowest BCUT2D eigenvalue weighted by Gasteiger charge is -2.50. The maximum atomic E-state index is 12.6. The van der Waals surface area contributed by atoms with E-state index in [4.69, 9.17) is 23.7 Å². The van der Waals surface area contributed by atoms with Crippen LogP contribution >= 0.6 is 0 Å². The zero-order valence-electron chi connectivity index (χ0n) is 15.0. The minimum Gasteiger partial charge on any atom is -0.463 e. The molecule has 140 valence electrons. The SMILES string of the molecule is C=C1/C=C/CCOC(=O)[C@@H]2O[C@@](C)(OC)[C@](C)(OC)O[C@H]2C(=O)NC1. The Hall–Kier alpha value is -1.74. The summed E-state index contributed by atoms with van der Waals surface area (Å²) >= 11 is 0. The number of hydrogen-bond acceptors (Lipinski definition) is 7. The Bertz CT molecular complexity index is 575. The molecule has 1 amide bonds. The van der Waals surface area contributed by atoms with Gasteiger partial charge >= 0.3 is 5.97 Å². The summed E-state index contributed by atoms with van der Waals surface area (Å²) in [7, 11) is 2.80. The van der Waals surface area contributed by atoms with Crippen molar-refractivity contribution in [3.05, 3.63) is 24.3 Å². The number of cyclic esters (lactones) is 1. The van der Waals surface area contributed by atoms with Crippen LogP contribution in [0.15, 0.2) is 24.3 Å². The van der Waals surface area contributed by atoms with Crippen LogP contribution in [0.2, 0.25) is 0 Å². The minimum absolute atomic E-state index is 0.155. The number of amides is 1. The van der Waals surface area contributed by atoms with Gasteiger partial charge in [0.1, 0.15) is 0 Å². The maximum absolute atomic E-state index is 12.6. The number of methoxy groups -OCH3 is 2. The minimum atomic E-state index is -1.41. The lowest BCUT2D eigenvalue weighted by atomic mass is 10.0. The Morgan fingerprint density at radius 1 is 1.16 bits per heavy atom. The van der Waals surface area contributed by atoms with Crippen LogP contribution in [0.5, 0.6) is 0 Å². The first kappa shape index (κ1) is 19.6. The van der Waals surface area contributed by atoms with Crippen LogP contribution in [0.3, 0.4) is 0 Å². The van der Waals surface area contributed by atoms with E-state index in [1.165, 1.54) is 14.2 Å². The molecule has 25 heavy (non-hydrogen) atoms. The predicted octanol–water partition coefficient (Wildman–Crippen LogP) is 0.671. The van der Waals surface area contributed by atoms with Crippen LogP contribution in [0.25, 0.3) is 0 Å². The molecular formula is C17H25NO7. The lowest BCUT2D eigenvalue weighted by molar-refractivity contribution is -0.438. The number of hydrogen-bond donors (Lipinski definition) is 1. The summed E-state index contributed by atoms with van der Waals surface area (Å²) in [5.74, 6) is -4.05. The van der Waals surface area contributed by atoms with Gasteiger partial charge in [0.2, 0.25) is 11.6 Å². The summed E-state index contributed by atoms with van der Waals surface area (Å²) in [6.07, 6.45) is 1.57. The molecule has 0 radical (unpaired) electrons. The van der Waals surface area contributed by atoms with E-state index in [1.807, 2.05) is 6.08 Å². The quantitative estimate of drug-likeness (QED) is 0.728. The Labute approximate surface area is 147 Å². The van der Waals surface area contributed by atoms with Crippen molar-refractivity contribution in [3.63, 3.8) is 0 Å². The van der Waals surface area contributed by atoms with Crippen molar-refractivity contribution in [2.75, 3.05) is 27.4 Å². The van der Waals surface area contributed by atoms with Crippen LogP contribution in [-0.2, 0) is 33.3 Å². The summed E-state index contributed by atoms with van der Waals surface area (Å²) in [5.41, 5.74) is 0.713. The van der Waals surface area contributed by atoms with Crippen molar-refractivity contribution in [1.82, 2.24) is 5.32 Å². The Balaban J connectivity index is 2.34. The molecule has 2 aliphatic heterocycles. The molecule has 0 bridgehead atoms. The Kier molecular flexibility index (Phi) is 5.99. The number of fused-ring (bicyclic) bond motifs is 1. The zero-order chi connectivity index (χ0) is 18.7. The summed E-state index contributed by atoms with van der Waals surface area (Å²) in [5, 5.41) is 2.68. The van der Waals surface area contributed by atoms with E-state index >= 15 is 0 Å². The highest BCUT2D eigenvalue weighted by Crippen LogP contribution is 2.39. The molecule has 0 aliphatic carbocycles. The summed E-state index contributed by atoms with van der Waals surface area (Å²) in [4.78, 5) is 25.0. The summed E-state index contributed by atoms with van der Waals surface area (Å²) in [6.45, 7) is 7.37. The van der Waals surface area contributed by atoms with Crippen LogP contribution in [0, 0.1) is 0 Å². The van der Waals surface area contributed by atoms with Crippen molar-refractivity contribution >= 4 is 11.9 Å². The molecule has 2 heterocycles. The molecule has 4 atom stereocenters. The molecule has 1 fully saturated rings. The van der Waals surface area contributed by atoms with Crippen LogP contribution in [0.1, 0.15) is 20.3 Å². The van der Waals surface area contributed by atoms with Gasteiger partial charge in [0.25, 0.3) is 5.91 Å². The third kappa shape index (κ3) is 3.92. The average Bonchev–Trinajstić information content (AvgIpc) is 2.60. The van der Waals surface area contributed by atoms with Gasteiger partial charge in [0.05, 0.1) is 6.61 Å². The molecule has 0 aromatic carbocycles. The lowest BCUT2D eigenvalue weighted by Crippen LogP contribution is -2.69. The molecule has 0 unspecified atom stereocenters. The van der Waals surface area contributed by atoms with Gasteiger partial charge in [-0.25, -0.2) is 4.79 Å². The molecule has 0 aromatic heterocycles.